The minimum absolute atomic E-state index is 0.155. The van der Waals surface area contributed by atoms with Crippen molar-refractivity contribution in [2.45, 2.75) is 58.3 Å². The number of carbonyl (C=O) groups is 1. The van der Waals surface area contributed by atoms with E-state index in [0.29, 0.717) is 16.9 Å². The number of phenolic OH excluding ortho intramolecular Hbond substituents is 1. The number of rotatable bonds is 1. The first-order valence-corrected chi connectivity index (χ1v) is 8.85. The van der Waals surface area contributed by atoms with Crippen molar-refractivity contribution in [2.24, 2.45) is 23.2 Å². The molecule has 3 aliphatic carbocycles. The number of hydrogen-bond donors (Lipinski definition) is 1. The molecule has 2 heteroatoms. The Labute approximate surface area is 132 Å². The van der Waals surface area contributed by atoms with Crippen LogP contribution in [0.2, 0.25) is 0 Å². The fourth-order valence-electron chi connectivity index (χ4n) is 5.98. The first kappa shape index (κ1) is 14.3. The molecule has 1 N–H and O–H groups in total. The highest BCUT2D eigenvalue weighted by Crippen LogP contribution is 2.62. The van der Waals surface area contributed by atoms with Gasteiger partial charge in [-0.05, 0) is 90.9 Å². The van der Waals surface area contributed by atoms with E-state index in [4.69, 9.17) is 0 Å². The smallest absolute Gasteiger partial charge is 0.153 e. The summed E-state index contributed by atoms with van der Waals surface area (Å²) in [4.78, 5) is 11.2. The summed E-state index contributed by atoms with van der Waals surface area (Å²) >= 11 is 0. The van der Waals surface area contributed by atoms with Gasteiger partial charge in [0.25, 0.3) is 0 Å². The van der Waals surface area contributed by atoms with Gasteiger partial charge < -0.3 is 5.11 Å². The first-order valence-electron chi connectivity index (χ1n) is 8.85. The van der Waals surface area contributed by atoms with E-state index < -0.39 is 0 Å². The van der Waals surface area contributed by atoms with E-state index in [9.17, 15) is 9.90 Å². The van der Waals surface area contributed by atoms with Gasteiger partial charge in [0.15, 0.2) is 6.29 Å². The number of phenols is 1. The molecule has 4 rings (SSSR count). The summed E-state index contributed by atoms with van der Waals surface area (Å²) < 4.78 is 0. The normalized spacial score (nSPS) is 39.7. The van der Waals surface area contributed by atoms with Gasteiger partial charge in [-0.15, -0.1) is 0 Å². The number of carbonyl (C=O) groups excluding carboxylic acids is 1. The molecule has 2 saturated carbocycles. The summed E-state index contributed by atoms with van der Waals surface area (Å²) in [6, 6.07) is 3.83. The molecule has 5 atom stereocenters. The lowest BCUT2D eigenvalue weighted by atomic mass is 9.54. The van der Waals surface area contributed by atoms with E-state index in [1.807, 2.05) is 12.1 Å². The van der Waals surface area contributed by atoms with Crippen LogP contribution in [0.1, 0.15) is 73.4 Å². The lowest BCUT2D eigenvalue weighted by Gasteiger charge is -2.50. The molecule has 1 aromatic carbocycles. The Morgan fingerprint density at radius 1 is 1.23 bits per heavy atom. The number of aromatic hydroxyl groups is 1. The molecule has 3 aliphatic rings. The third kappa shape index (κ3) is 1.82. The maximum atomic E-state index is 11.2. The second-order valence-corrected chi connectivity index (χ2v) is 8.17. The minimum atomic E-state index is 0.155. The Morgan fingerprint density at radius 3 is 2.82 bits per heavy atom. The molecule has 22 heavy (non-hydrogen) atoms. The predicted octanol–water partition coefficient (Wildman–Crippen LogP) is 4.70. The van der Waals surface area contributed by atoms with Crippen molar-refractivity contribution in [3.8, 4) is 5.75 Å². The minimum Gasteiger partial charge on any atom is -0.507 e. The Hall–Kier alpha value is -1.31. The fourth-order valence-corrected chi connectivity index (χ4v) is 5.98. The lowest BCUT2D eigenvalue weighted by Crippen LogP contribution is -2.41. The van der Waals surface area contributed by atoms with Crippen molar-refractivity contribution in [2.75, 3.05) is 0 Å². The molecule has 0 amide bonds. The van der Waals surface area contributed by atoms with E-state index in [2.05, 4.69) is 13.8 Å². The average Bonchev–Trinajstić information content (AvgIpc) is 2.82. The summed E-state index contributed by atoms with van der Waals surface area (Å²) in [6.07, 6.45) is 8.44. The van der Waals surface area contributed by atoms with Crippen LogP contribution in [-0.2, 0) is 6.42 Å². The van der Waals surface area contributed by atoms with Crippen LogP contribution in [-0.4, -0.2) is 11.4 Å². The van der Waals surface area contributed by atoms with Gasteiger partial charge in [-0.2, -0.15) is 0 Å². The van der Waals surface area contributed by atoms with Gasteiger partial charge in [0, 0.05) is 0 Å². The molecule has 0 aliphatic heterocycles. The Kier molecular flexibility index (Phi) is 3.15. The average molecular weight is 298 g/mol. The Morgan fingerprint density at radius 2 is 2.05 bits per heavy atom. The standard InChI is InChI=1S/C20H26O2/c1-12-3-6-18-16-5-4-13-10-19(22)14(11-21)9-17(13)15(16)7-8-20(12,18)2/h9-12,15-16,18,22H,3-8H2,1-2H3/t12-,15-,16+,18-,20+/m0/s1. The van der Waals surface area contributed by atoms with Crippen molar-refractivity contribution in [3.63, 3.8) is 0 Å². The highest BCUT2D eigenvalue weighted by molar-refractivity contribution is 5.80. The van der Waals surface area contributed by atoms with Gasteiger partial charge in [0.2, 0.25) is 0 Å². The first-order chi connectivity index (χ1) is 10.5. The van der Waals surface area contributed by atoms with Crippen molar-refractivity contribution >= 4 is 6.29 Å². The van der Waals surface area contributed by atoms with Gasteiger partial charge in [0.05, 0.1) is 5.56 Å². The van der Waals surface area contributed by atoms with Gasteiger partial charge in [-0.1, -0.05) is 13.8 Å². The Bertz CT molecular complexity index is 620. The summed E-state index contributed by atoms with van der Waals surface area (Å²) in [5, 5.41) is 9.96. The molecule has 2 nitrogen and oxygen atoms in total. The third-order valence-electron chi connectivity index (χ3n) is 7.47. The molecule has 0 saturated heterocycles. The highest BCUT2D eigenvalue weighted by atomic mass is 16.3. The van der Waals surface area contributed by atoms with Crippen molar-refractivity contribution < 1.29 is 9.90 Å². The summed E-state index contributed by atoms with van der Waals surface area (Å²) in [6.45, 7) is 4.97. The maximum absolute atomic E-state index is 11.2. The monoisotopic (exact) mass is 298 g/mol. The van der Waals surface area contributed by atoms with Gasteiger partial charge in [-0.25, -0.2) is 0 Å². The fraction of sp³-hybridized carbons (Fsp3) is 0.650. The van der Waals surface area contributed by atoms with E-state index in [1.165, 1.54) is 43.2 Å². The van der Waals surface area contributed by atoms with E-state index in [0.717, 1.165) is 30.5 Å². The molecule has 0 unspecified atom stereocenters. The number of hydrogen-bond acceptors (Lipinski definition) is 2. The molecule has 0 heterocycles. The van der Waals surface area contributed by atoms with Gasteiger partial charge in [-0.3, -0.25) is 4.79 Å². The number of aryl methyl sites for hydroxylation is 1. The Balaban J connectivity index is 1.74. The van der Waals surface area contributed by atoms with Crippen molar-refractivity contribution in [3.05, 3.63) is 28.8 Å². The lowest BCUT2D eigenvalue weighted by molar-refractivity contribution is 0.0336. The molecular weight excluding hydrogens is 272 g/mol. The summed E-state index contributed by atoms with van der Waals surface area (Å²) in [7, 11) is 0. The molecular formula is C20H26O2. The van der Waals surface area contributed by atoms with Crippen LogP contribution in [0, 0.1) is 23.2 Å². The zero-order valence-corrected chi connectivity index (χ0v) is 13.6. The van der Waals surface area contributed by atoms with Gasteiger partial charge in [0.1, 0.15) is 5.75 Å². The third-order valence-corrected chi connectivity index (χ3v) is 7.47. The zero-order valence-electron chi connectivity index (χ0n) is 13.6. The second kappa shape index (κ2) is 4.84. The number of fused-ring (bicyclic) bond motifs is 5. The topological polar surface area (TPSA) is 37.3 Å². The van der Waals surface area contributed by atoms with E-state index >= 15 is 0 Å². The van der Waals surface area contributed by atoms with Gasteiger partial charge >= 0.3 is 0 Å². The van der Waals surface area contributed by atoms with Crippen LogP contribution in [0.3, 0.4) is 0 Å². The molecule has 0 spiro atoms. The van der Waals surface area contributed by atoms with Crippen LogP contribution in [0.5, 0.6) is 5.75 Å². The zero-order chi connectivity index (χ0) is 15.5. The van der Waals surface area contributed by atoms with E-state index in [1.54, 1.807) is 0 Å². The van der Waals surface area contributed by atoms with Crippen LogP contribution >= 0.6 is 0 Å². The largest absolute Gasteiger partial charge is 0.507 e. The van der Waals surface area contributed by atoms with Crippen molar-refractivity contribution in [1.82, 2.24) is 0 Å². The molecule has 1 aromatic rings. The number of aldehydes is 1. The second-order valence-electron chi connectivity index (χ2n) is 8.17. The van der Waals surface area contributed by atoms with E-state index in [-0.39, 0.29) is 5.75 Å². The summed E-state index contributed by atoms with van der Waals surface area (Å²) in [5.41, 5.74) is 3.63. The SMILES string of the molecule is C[C@H]1CC[C@H]2[C@@H]3CCc4cc(O)c(C=O)cc4[C@H]3CC[C@]12C. The van der Waals surface area contributed by atoms with Crippen LogP contribution in [0.4, 0.5) is 0 Å². The number of benzene rings is 1. The van der Waals surface area contributed by atoms with Crippen molar-refractivity contribution in [1.29, 1.82) is 0 Å². The molecule has 0 radical (unpaired) electrons. The highest BCUT2D eigenvalue weighted by Gasteiger charge is 2.53. The predicted molar refractivity (Wildman–Crippen MR) is 87.3 cm³/mol. The molecule has 118 valence electrons. The quantitative estimate of drug-likeness (QED) is 0.763. The van der Waals surface area contributed by atoms with Crippen LogP contribution in [0.15, 0.2) is 12.1 Å². The molecule has 2 fully saturated rings. The molecule has 0 aromatic heterocycles. The summed E-state index contributed by atoms with van der Waals surface area (Å²) in [5.74, 6) is 3.24. The molecule has 0 bridgehead atoms. The maximum Gasteiger partial charge on any atom is 0.153 e. The van der Waals surface area contributed by atoms with Crippen LogP contribution < -0.4 is 0 Å². The van der Waals surface area contributed by atoms with Crippen LogP contribution in [0.25, 0.3) is 0 Å².